The standard InChI is InChI=1S/C14H10BrClN2OS/c1-8-6-20-13-12(8)17-7-18(14(13)19)5-9-2-3-10(15)4-11(9)16/h2-4,6-7H,5H2,1H3. The second-order valence-electron chi connectivity index (χ2n) is 4.51. The fourth-order valence-electron chi connectivity index (χ4n) is 2.01. The molecule has 0 amide bonds. The molecule has 0 saturated heterocycles. The van der Waals surface area contributed by atoms with Crippen molar-refractivity contribution in [1.82, 2.24) is 9.55 Å². The molecule has 0 unspecified atom stereocenters. The van der Waals surface area contributed by atoms with E-state index >= 15 is 0 Å². The number of benzene rings is 1. The molecule has 3 rings (SSSR count). The van der Waals surface area contributed by atoms with Crippen LogP contribution in [0.15, 0.2) is 39.2 Å². The Balaban J connectivity index is 2.07. The van der Waals surface area contributed by atoms with Gasteiger partial charge in [-0.1, -0.05) is 33.6 Å². The van der Waals surface area contributed by atoms with Gasteiger partial charge in [-0.15, -0.1) is 11.3 Å². The van der Waals surface area contributed by atoms with Gasteiger partial charge >= 0.3 is 0 Å². The molecule has 0 fully saturated rings. The number of hydrogen-bond donors (Lipinski definition) is 0. The van der Waals surface area contributed by atoms with E-state index in [9.17, 15) is 4.79 Å². The zero-order chi connectivity index (χ0) is 14.3. The molecule has 102 valence electrons. The molecule has 3 nitrogen and oxygen atoms in total. The molecule has 20 heavy (non-hydrogen) atoms. The second-order valence-corrected chi connectivity index (χ2v) is 6.71. The Labute approximate surface area is 133 Å². The van der Waals surface area contributed by atoms with Gasteiger partial charge in [0.2, 0.25) is 0 Å². The summed E-state index contributed by atoms with van der Waals surface area (Å²) in [6, 6.07) is 5.64. The lowest BCUT2D eigenvalue weighted by molar-refractivity contribution is 0.749. The maximum absolute atomic E-state index is 12.4. The molecule has 0 spiro atoms. The number of aromatic nitrogens is 2. The molecular formula is C14H10BrClN2OS. The molecule has 0 atom stereocenters. The van der Waals surface area contributed by atoms with Crippen LogP contribution < -0.4 is 5.56 Å². The van der Waals surface area contributed by atoms with E-state index in [2.05, 4.69) is 20.9 Å². The average Bonchev–Trinajstić information content (AvgIpc) is 2.78. The summed E-state index contributed by atoms with van der Waals surface area (Å²) in [6.07, 6.45) is 1.59. The van der Waals surface area contributed by atoms with Crippen molar-refractivity contribution in [3.8, 4) is 0 Å². The van der Waals surface area contributed by atoms with Crippen LogP contribution in [0.2, 0.25) is 5.02 Å². The molecule has 3 aromatic rings. The van der Waals surface area contributed by atoms with Crippen LogP contribution >= 0.6 is 38.9 Å². The van der Waals surface area contributed by atoms with E-state index in [4.69, 9.17) is 11.6 Å². The fraction of sp³-hybridized carbons (Fsp3) is 0.143. The van der Waals surface area contributed by atoms with Crippen LogP contribution in [0.3, 0.4) is 0 Å². The Hall–Kier alpha value is -1.17. The summed E-state index contributed by atoms with van der Waals surface area (Å²) in [5.74, 6) is 0. The number of thiophene rings is 1. The molecule has 0 N–H and O–H groups in total. The highest BCUT2D eigenvalue weighted by atomic mass is 79.9. The number of fused-ring (bicyclic) bond motifs is 1. The van der Waals surface area contributed by atoms with Gasteiger partial charge in [0, 0.05) is 9.50 Å². The van der Waals surface area contributed by atoms with Crippen molar-refractivity contribution in [2.24, 2.45) is 0 Å². The van der Waals surface area contributed by atoms with E-state index in [1.54, 1.807) is 10.9 Å². The smallest absolute Gasteiger partial charge is 0.271 e. The highest BCUT2D eigenvalue weighted by Crippen LogP contribution is 2.23. The monoisotopic (exact) mass is 368 g/mol. The van der Waals surface area contributed by atoms with Crippen molar-refractivity contribution in [2.75, 3.05) is 0 Å². The quantitative estimate of drug-likeness (QED) is 0.677. The van der Waals surface area contributed by atoms with Gasteiger partial charge in [-0.2, -0.15) is 0 Å². The number of nitrogens with zero attached hydrogens (tertiary/aromatic N) is 2. The SMILES string of the molecule is Cc1csc2c(=O)n(Cc3ccc(Br)cc3Cl)cnc12. The first-order valence-electron chi connectivity index (χ1n) is 5.93. The summed E-state index contributed by atoms with van der Waals surface area (Å²) in [4.78, 5) is 16.8. The minimum absolute atomic E-state index is 0.0212. The highest BCUT2D eigenvalue weighted by molar-refractivity contribution is 9.10. The Kier molecular flexibility index (Phi) is 3.67. The summed E-state index contributed by atoms with van der Waals surface area (Å²) in [5.41, 5.74) is 2.70. The zero-order valence-corrected chi connectivity index (χ0v) is 13.7. The van der Waals surface area contributed by atoms with Gasteiger partial charge in [0.15, 0.2) is 0 Å². The van der Waals surface area contributed by atoms with Crippen molar-refractivity contribution < 1.29 is 0 Å². The van der Waals surface area contributed by atoms with E-state index in [0.29, 0.717) is 16.3 Å². The number of aryl methyl sites for hydroxylation is 1. The van der Waals surface area contributed by atoms with Crippen molar-refractivity contribution in [2.45, 2.75) is 13.5 Å². The third-order valence-corrected chi connectivity index (χ3v) is 5.00. The number of halogens is 2. The first kappa shape index (κ1) is 13.8. The summed E-state index contributed by atoms with van der Waals surface area (Å²) in [6.45, 7) is 2.38. The van der Waals surface area contributed by atoms with Gasteiger partial charge < -0.3 is 0 Å². The Morgan fingerprint density at radius 3 is 3.00 bits per heavy atom. The number of rotatable bonds is 2. The van der Waals surface area contributed by atoms with Gasteiger partial charge in [0.25, 0.3) is 5.56 Å². The molecule has 2 heterocycles. The van der Waals surface area contributed by atoms with Crippen molar-refractivity contribution in [3.05, 3.63) is 60.9 Å². The molecular weight excluding hydrogens is 360 g/mol. The van der Waals surface area contributed by atoms with Gasteiger partial charge in [-0.25, -0.2) is 4.98 Å². The molecule has 1 aromatic carbocycles. The lowest BCUT2D eigenvalue weighted by Crippen LogP contribution is -2.20. The van der Waals surface area contributed by atoms with E-state index in [0.717, 1.165) is 21.1 Å². The van der Waals surface area contributed by atoms with Crippen LogP contribution in [0, 0.1) is 6.92 Å². The van der Waals surface area contributed by atoms with Crippen LogP contribution in [0.5, 0.6) is 0 Å². The van der Waals surface area contributed by atoms with Gasteiger partial charge in [0.05, 0.1) is 18.4 Å². The van der Waals surface area contributed by atoms with Crippen LogP contribution in [0.1, 0.15) is 11.1 Å². The summed E-state index contributed by atoms with van der Waals surface area (Å²) >= 11 is 11.0. The normalized spacial score (nSPS) is 11.2. The zero-order valence-electron chi connectivity index (χ0n) is 10.6. The lowest BCUT2D eigenvalue weighted by Gasteiger charge is -2.07. The predicted molar refractivity (Wildman–Crippen MR) is 86.9 cm³/mol. The molecule has 0 saturated carbocycles. The minimum Gasteiger partial charge on any atom is -0.293 e. The first-order valence-corrected chi connectivity index (χ1v) is 7.98. The summed E-state index contributed by atoms with van der Waals surface area (Å²) in [5, 5.41) is 2.59. The van der Waals surface area contributed by atoms with E-state index in [1.807, 2.05) is 30.5 Å². The van der Waals surface area contributed by atoms with E-state index in [-0.39, 0.29) is 5.56 Å². The predicted octanol–water partition coefficient (Wildman–Crippen LogP) is 4.23. The van der Waals surface area contributed by atoms with Crippen LogP contribution in [-0.4, -0.2) is 9.55 Å². The van der Waals surface area contributed by atoms with Crippen molar-refractivity contribution in [1.29, 1.82) is 0 Å². The Bertz CT molecular complexity index is 856. The maximum Gasteiger partial charge on any atom is 0.271 e. The van der Waals surface area contributed by atoms with E-state index < -0.39 is 0 Å². The Morgan fingerprint density at radius 1 is 1.45 bits per heavy atom. The fourth-order valence-corrected chi connectivity index (χ4v) is 3.69. The topological polar surface area (TPSA) is 34.9 Å². The van der Waals surface area contributed by atoms with Gasteiger partial charge in [0.1, 0.15) is 4.70 Å². The molecule has 0 aliphatic heterocycles. The maximum atomic E-state index is 12.4. The van der Waals surface area contributed by atoms with Crippen molar-refractivity contribution >= 4 is 49.1 Å². The Morgan fingerprint density at radius 2 is 2.25 bits per heavy atom. The third kappa shape index (κ3) is 2.41. The molecule has 6 heteroatoms. The third-order valence-electron chi connectivity index (χ3n) is 3.08. The molecule has 0 aliphatic carbocycles. The molecule has 0 radical (unpaired) electrons. The largest absolute Gasteiger partial charge is 0.293 e. The van der Waals surface area contributed by atoms with Gasteiger partial charge in [-0.3, -0.25) is 9.36 Å². The molecule has 0 bridgehead atoms. The number of hydrogen-bond acceptors (Lipinski definition) is 3. The first-order chi connectivity index (χ1) is 9.56. The minimum atomic E-state index is -0.0212. The molecule has 2 aromatic heterocycles. The molecule has 0 aliphatic rings. The van der Waals surface area contributed by atoms with E-state index in [1.165, 1.54) is 11.3 Å². The van der Waals surface area contributed by atoms with Crippen LogP contribution in [0.25, 0.3) is 10.2 Å². The van der Waals surface area contributed by atoms with Crippen LogP contribution in [0.4, 0.5) is 0 Å². The average molecular weight is 370 g/mol. The lowest BCUT2D eigenvalue weighted by atomic mass is 10.2. The van der Waals surface area contributed by atoms with Crippen LogP contribution in [-0.2, 0) is 6.54 Å². The van der Waals surface area contributed by atoms with Crippen molar-refractivity contribution in [3.63, 3.8) is 0 Å². The highest BCUT2D eigenvalue weighted by Gasteiger charge is 2.10. The summed E-state index contributed by atoms with van der Waals surface area (Å²) in [7, 11) is 0. The van der Waals surface area contributed by atoms with Gasteiger partial charge in [-0.05, 0) is 35.6 Å². The summed E-state index contributed by atoms with van der Waals surface area (Å²) < 4.78 is 3.20. The second kappa shape index (κ2) is 5.31.